The van der Waals surface area contributed by atoms with Gasteiger partial charge in [-0.1, -0.05) is 0 Å². The number of rotatable bonds is 6. The van der Waals surface area contributed by atoms with E-state index in [1.807, 2.05) is 6.92 Å². The summed E-state index contributed by atoms with van der Waals surface area (Å²) in [6.07, 6.45) is 0. The molecular weight excluding hydrogens is 332 g/mol. The first-order valence-corrected chi connectivity index (χ1v) is 8.78. The Labute approximate surface area is 143 Å². The fourth-order valence-electron chi connectivity index (χ4n) is 2.51. The number of carbonyl (C=O) groups is 2. The van der Waals surface area contributed by atoms with Crippen LogP contribution in [0.5, 0.6) is 11.5 Å². The van der Waals surface area contributed by atoms with E-state index in [0.29, 0.717) is 16.4 Å². The number of nitrogens with zero attached hydrogens (tertiary/aromatic N) is 1. The Hall–Kier alpha value is -2.09. The maximum atomic E-state index is 12.6. The lowest BCUT2D eigenvalue weighted by molar-refractivity contribution is -0.130. The zero-order chi connectivity index (χ0) is 18.1. The minimum atomic E-state index is -1.38. The van der Waals surface area contributed by atoms with Crippen molar-refractivity contribution in [2.24, 2.45) is 0 Å². The Morgan fingerprint density at radius 1 is 1.17 bits per heavy atom. The molecule has 1 fully saturated rings. The number of aryl methyl sites for hydroxylation is 1. The van der Waals surface area contributed by atoms with E-state index in [1.165, 1.54) is 14.2 Å². The van der Waals surface area contributed by atoms with Crippen molar-refractivity contribution >= 4 is 22.7 Å². The number of imide groups is 1. The van der Waals surface area contributed by atoms with Gasteiger partial charge < -0.3 is 14.8 Å². The van der Waals surface area contributed by atoms with Crippen LogP contribution in [0, 0.1) is 6.92 Å². The lowest BCUT2D eigenvalue weighted by Gasteiger charge is -2.16. The van der Waals surface area contributed by atoms with Crippen molar-refractivity contribution in [1.29, 1.82) is 0 Å². The zero-order valence-electron chi connectivity index (χ0n) is 14.5. The van der Waals surface area contributed by atoms with Gasteiger partial charge in [-0.2, -0.15) is 0 Å². The highest BCUT2D eigenvalue weighted by Gasteiger charge is 2.44. The zero-order valence-corrected chi connectivity index (χ0v) is 15.3. The Morgan fingerprint density at radius 3 is 2.25 bits per heavy atom. The molecule has 1 aliphatic rings. The van der Waals surface area contributed by atoms with E-state index >= 15 is 0 Å². The second-order valence-electron chi connectivity index (χ2n) is 6.03. The Bertz CT molecular complexity index is 702. The maximum Gasteiger partial charge on any atom is 0.325 e. The molecule has 1 saturated heterocycles. The van der Waals surface area contributed by atoms with Crippen LogP contribution in [-0.4, -0.2) is 53.1 Å². The van der Waals surface area contributed by atoms with E-state index in [2.05, 4.69) is 5.32 Å². The lowest BCUT2D eigenvalue weighted by Crippen LogP contribution is -2.40. The number of amides is 3. The largest absolute Gasteiger partial charge is 0.493 e. The third-order valence-corrected chi connectivity index (χ3v) is 5.35. The van der Waals surface area contributed by atoms with E-state index in [9.17, 15) is 13.8 Å². The molecule has 1 N–H and O–H groups in total. The maximum absolute atomic E-state index is 12.6. The van der Waals surface area contributed by atoms with Crippen molar-refractivity contribution in [2.75, 3.05) is 26.5 Å². The molecular formula is C16H22N2O5S. The molecule has 0 saturated carbocycles. The van der Waals surface area contributed by atoms with Gasteiger partial charge in [0.25, 0.3) is 5.91 Å². The standard InChI is InChI=1S/C16H22N2O5S/c1-10-8-11(22-4)12(23-5)9-13(10)24(21)7-6-18-14(19)16(2,3)17-15(18)20/h8-9H,6-7H2,1-5H3,(H,17,20)/t24-/m0/s1. The van der Waals surface area contributed by atoms with Crippen LogP contribution >= 0.6 is 0 Å². The molecule has 0 aromatic heterocycles. The lowest BCUT2D eigenvalue weighted by atomic mass is 10.1. The van der Waals surface area contributed by atoms with Gasteiger partial charge in [-0.15, -0.1) is 0 Å². The average Bonchev–Trinajstić information content (AvgIpc) is 2.72. The number of methoxy groups -OCH3 is 2. The third kappa shape index (κ3) is 3.38. The summed E-state index contributed by atoms with van der Waals surface area (Å²) < 4.78 is 23.1. The summed E-state index contributed by atoms with van der Waals surface area (Å²) in [7, 11) is 1.67. The van der Waals surface area contributed by atoms with Gasteiger partial charge in [-0.05, 0) is 32.4 Å². The molecule has 7 nitrogen and oxygen atoms in total. The summed E-state index contributed by atoms with van der Waals surface area (Å²) in [5.74, 6) is 0.897. The van der Waals surface area contributed by atoms with Gasteiger partial charge in [0.2, 0.25) is 0 Å². The van der Waals surface area contributed by atoms with Crippen LogP contribution in [0.2, 0.25) is 0 Å². The summed E-state index contributed by atoms with van der Waals surface area (Å²) >= 11 is 0. The number of ether oxygens (including phenoxy) is 2. The van der Waals surface area contributed by atoms with Crippen LogP contribution in [0.25, 0.3) is 0 Å². The molecule has 1 aromatic carbocycles. The van der Waals surface area contributed by atoms with Gasteiger partial charge in [0.05, 0.1) is 25.0 Å². The molecule has 24 heavy (non-hydrogen) atoms. The minimum Gasteiger partial charge on any atom is -0.493 e. The van der Waals surface area contributed by atoms with Gasteiger partial charge in [-0.25, -0.2) is 4.79 Å². The molecule has 1 aliphatic heterocycles. The monoisotopic (exact) mass is 354 g/mol. The molecule has 8 heteroatoms. The molecule has 0 aliphatic carbocycles. The number of urea groups is 1. The first-order valence-electron chi connectivity index (χ1n) is 7.46. The summed E-state index contributed by atoms with van der Waals surface area (Å²) in [5, 5.41) is 2.60. The quantitative estimate of drug-likeness (QED) is 0.782. The Morgan fingerprint density at radius 2 is 1.75 bits per heavy atom. The summed E-state index contributed by atoms with van der Waals surface area (Å²) in [4.78, 5) is 25.7. The number of benzene rings is 1. The van der Waals surface area contributed by atoms with Crippen LogP contribution in [-0.2, 0) is 15.6 Å². The third-order valence-electron chi connectivity index (χ3n) is 3.87. The van der Waals surface area contributed by atoms with Crippen molar-refractivity contribution in [3.8, 4) is 11.5 Å². The van der Waals surface area contributed by atoms with Crippen LogP contribution in [0.1, 0.15) is 19.4 Å². The second kappa shape index (κ2) is 6.80. The van der Waals surface area contributed by atoms with Crippen LogP contribution in [0.15, 0.2) is 17.0 Å². The number of hydrogen-bond donors (Lipinski definition) is 1. The van der Waals surface area contributed by atoms with Gasteiger partial charge in [0.1, 0.15) is 5.54 Å². The highest BCUT2D eigenvalue weighted by Crippen LogP contribution is 2.31. The van der Waals surface area contributed by atoms with Crippen LogP contribution < -0.4 is 14.8 Å². The SMILES string of the molecule is COc1cc(C)c([S@@](=O)CCN2C(=O)NC(C)(C)C2=O)cc1OC. The number of nitrogens with one attached hydrogen (secondary N) is 1. The molecule has 132 valence electrons. The van der Waals surface area contributed by atoms with E-state index in [4.69, 9.17) is 9.47 Å². The van der Waals surface area contributed by atoms with Crippen molar-refractivity contribution < 1.29 is 23.3 Å². The van der Waals surface area contributed by atoms with Gasteiger partial charge in [-0.3, -0.25) is 13.9 Å². The van der Waals surface area contributed by atoms with E-state index < -0.39 is 22.4 Å². The summed E-state index contributed by atoms with van der Waals surface area (Å²) in [6.45, 7) is 5.20. The van der Waals surface area contributed by atoms with Crippen molar-refractivity contribution in [1.82, 2.24) is 10.2 Å². The topological polar surface area (TPSA) is 84.9 Å². The molecule has 0 spiro atoms. The molecule has 3 amide bonds. The molecule has 2 rings (SSSR count). The molecule has 0 unspecified atom stereocenters. The van der Waals surface area contributed by atoms with Gasteiger partial charge >= 0.3 is 6.03 Å². The molecule has 1 heterocycles. The average molecular weight is 354 g/mol. The van der Waals surface area contributed by atoms with Gasteiger partial charge in [0.15, 0.2) is 11.5 Å². The smallest absolute Gasteiger partial charge is 0.325 e. The predicted octanol–water partition coefficient (Wildman–Crippen LogP) is 1.45. The molecule has 1 atom stereocenters. The van der Waals surface area contributed by atoms with Crippen molar-refractivity contribution in [3.63, 3.8) is 0 Å². The molecule has 0 bridgehead atoms. The fourth-order valence-corrected chi connectivity index (χ4v) is 3.74. The van der Waals surface area contributed by atoms with E-state index in [-0.39, 0.29) is 18.2 Å². The minimum absolute atomic E-state index is 0.0918. The first kappa shape index (κ1) is 18.3. The Kier molecular flexibility index (Phi) is 5.17. The van der Waals surface area contributed by atoms with E-state index in [1.54, 1.807) is 26.0 Å². The van der Waals surface area contributed by atoms with Crippen molar-refractivity contribution in [2.45, 2.75) is 31.2 Å². The Balaban J connectivity index is 2.14. The number of carbonyl (C=O) groups excluding carboxylic acids is 2. The predicted molar refractivity (Wildman–Crippen MR) is 89.9 cm³/mol. The van der Waals surface area contributed by atoms with Crippen LogP contribution in [0.4, 0.5) is 4.79 Å². The highest BCUT2D eigenvalue weighted by molar-refractivity contribution is 7.85. The van der Waals surface area contributed by atoms with Crippen LogP contribution in [0.3, 0.4) is 0 Å². The first-order chi connectivity index (χ1) is 11.2. The normalized spacial score (nSPS) is 17.6. The summed E-state index contributed by atoms with van der Waals surface area (Å²) in [5.41, 5.74) is -0.124. The molecule has 1 aromatic rings. The number of hydrogen-bond acceptors (Lipinski definition) is 5. The van der Waals surface area contributed by atoms with Gasteiger partial charge in [0, 0.05) is 23.3 Å². The van der Waals surface area contributed by atoms with E-state index in [0.717, 1.165) is 10.5 Å². The fraction of sp³-hybridized carbons (Fsp3) is 0.500. The van der Waals surface area contributed by atoms with Crippen molar-refractivity contribution in [3.05, 3.63) is 17.7 Å². The molecule has 0 radical (unpaired) electrons. The second-order valence-corrected chi connectivity index (χ2v) is 7.57. The summed E-state index contributed by atoms with van der Waals surface area (Å²) in [6, 6.07) is 2.97. The highest BCUT2D eigenvalue weighted by atomic mass is 32.2.